The average molecular weight is 374 g/mol. The second-order valence-corrected chi connectivity index (χ2v) is 7.07. The van der Waals surface area contributed by atoms with Gasteiger partial charge in [0, 0.05) is 57.3 Å². The van der Waals surface area contributed by atoms with Crippen molar-refractivity contribution in [2.75, 3.05) is 51.9 Å². The first-order valence-corrected chi connectivity index (χ1v) is 9.75. The van der Waals surface area contributed by atoms with Crippen LogP contribution in [0.5, 0.6) is 0 Å². The number of hydrogen-bond donors (Lipinski definition) is 3. The highest BCUT2D eigenvalue weighted by molar-refractivity contribution is 5.94. The number of amides is 1. The van der Waals surface area contributed by atoms with E-state index in [1.165, 1.54) is 5.56 Å². The predicted molar refractivity (Wildman–Crippen MR) is 106 cm³/mol. The van der Waals surface area contributed by atoms with Crippen molar-refractivity contribution < 1.29 is 14.3 Å². The van der Waals surface area contributed by atoms with E-state index in [2.05, 4.69) is 27.0 Å². The van der Waals surface area contributed by atoms with Crippen LogP contribution in [0, 0.1) is 5.92 Å². The zero-order chi connectivity index (χ0) is 18.9. The Hall–Kier alpha value is -2.12. The Kier molecular flexibility index (Phi) is 7.47. The van der Waals surface area contributed by atoms with Gasteiger partial charge in [-0.3, -0.25) is 9.79 Å². The Morgan fingerprint density at radius 3 is 3.07 bits per heavy atom. The highest BCUT2D eigenvalue weighted by atomic mass is 16.5. The maximum absolute atomic E-state index is 11.9. The molecule has 2 aliphatic rings. The van der Waals surface area contributed by atoms with Gasteiger partial charge in [0.2, 0.25) is 5.91 Å². The lowest BCUT2D eigenvalue weighted by atomic mass is 9.90. The molecule has 7 heteroatoms. The topological polar surface area (TPSA) is 84.0 Å². The highest BCUT2D eigenvalue weighted by Gasteiger charge is 2.24. The molecule has 0 spiro atoms. The van der Waals surface area contributed by atoms with Crippen molar-refractivity contribution in [3.8, 4) is 0 Å². The number of hydrogen-bond acceptors (Lipinski definition) is 4. The quantitative estimate of drug-likeness (QED) is 0.367. The molecule has 2 atom stereocenters. The number of guanidine groups is 1. The van der Waals surface area contributed by atoms with Gasteiger partial charge in [-0.2, -0.15) is 0 Å². The number of carbonyl (C=O) groups is 1. The van der Waals surface area contributed by atoms with E-state index < -0.39 is 0 Å². The lowest BCUT2D eigenvalue weighted by Gasteiger charge is -2.26. The number of rotatable bonds is 8. The van der Waals surface area contributed by atoms with Crippen LogP contribution in [0.3, 0.4) is 0 Å². The third kappa shape index (κ3) is 5.94. The first-order chi connectivity index (χ1) is 13.3. The molecule has 3 rings (SSSR count). The number of nitrogens with zero attached hydrogens (tertiary/aromatic N) is 1. The van der Waals surface area contributed by atoms with Gasteiger partial charge < -0.3 is 25.4 Å². The van der Waals surface area contributed by atoms with Crippen LogP contribution in [0.4, 0.5) is 5.69 Å². The van der Waals surface area contributed by atoms with Crippen LogP contribution < -0.4 is 16.0 Å². The van der Waals surface area contributed by atoms with Crippen molar-refractivity contribution in [1.82, 2.24) is 10.6 Å². The Morgan fingerprint density at radius 1 is 1.37 bits per heavy atom. The van der Waals surface area contributed by atoms with Crippen LogP contribution >= 0.6 is 0 Å². The van der Waals surface area contributed by atoms with Crippen LogP contribution in [0.1, 0.15) is 30.7 Å². The minimum Gasteiger partial charge on any atom is -0.381 e. The van der Waals surface area contributed by atoms with Crippen LogP contribution in [0.2, 0.25) is 0 Å². The van der Waals surface area contributed by atoms with Gasteiger partial charge in [-0.05, 0) is 24.5 Å². The summed E-state index contributed by atoms with van der Waals surface area (Å²) in [6, 6.07) is 7.97. The van der Waals surface area contributed by atoms with Crippen molar-refractivity contribution in [3.05, 3.63) is 29.8 Å². The fraction of sp³-hybridized carbons (Fsp3) is 0.600. The number of anilines is 1. The number of carbonyl (C=O) groups excluding carboxylic acids is 1. The summed E-state index contributed by atoms with van der Waals surface area (Å²) in [6.45, 7) is 4.68. The third-order valence-electron chi connectivity index (χ3n) is 4.98. The van der Waals surface area contributed by atoms with Crippen molar-refractivity contribution in [2.24, 2.45) is 10.9 Å². The normalized spacial score (nSPS) is 22.3. The Bertz CT molecular complexity index is 644. The number of para-hydroxylation sites is 1. The standard InChI is InChI=1S/C20H30N4O3/c1-21-20(22-8-4-9-26-13-15-7-10-27-14-15)23-12-16-11-19(25)24-18-6-3-2-5-17(16)18/h2-3,5-6,15-16H,4,7-14H2,1H3,(H,24,25)(H2,21,22,23). The van der Waals surface area contributed by atoms with Crippen molar-refractivity contribution >= 4 is 17.6 Å². The fourth-order valence-electron chi connectivity index (χ4n) is 3.47. The molecule has 2 heterocycles. The lowest BCUT2D eigenvalue weighted by Crippen LogP contribution is -2.41. The van der Waals surface area contributed by atoms with E-state index in [-0.39, 0.29) is 11.8 Å². The molecule has 3 N–H and O–H groups in total. The van der Waals surface area contributed by atoms with Crippen LogP contribution in [0.15, 0.2) is 29.3 Å². The van der Waals surface area contributed by atoms with Crippen LogP contribution in [-0.4, -0.2) is 58.4 Å². The maximum Gasteiger partial charge on any atom is 0.225 e. The Balaban J connectivity index is 1.35. The minimum atomic E-state index is 0.0632. The van der Waals surface area contributed by atoms with Gasteiger partial charge in [0.05, 0.1) is 13.2 Å². The summed E-state index contributed by atoms with van der Waals surface area (Å²) in [5, 5.41) is 9.58. The predicted octanol–water partition coefficient (Wildman–Crippen LogP) is 1.72. The van der Waals surface area contributed by atoms with Gasteiger partial charge in [-0.25, -0.2) is 0 Å². The van der Waals surface area contributed by atoms with Crippen LogP contribution in [0.25, 0.3) is 0 Å². The van der Waals surface area contributed by atoms with E-state index in [1.807, 2.05) is 18.2 Å². The van der Waals surface area contributed by atoms with Gasteiger partial charge in [-0.1, -0.05) is 18.2 Å². The zero-order valence-corrected chi connectivity index (χ0v) is 16.0. The van der Waals surface area contributed by atoms with Gasteiger partial charge in [0.15, 0.2) is 5.96 Å². The average Bonchev–Trinajstić information content (AvgIpc) is 3.20. The molecular formula is C20H30N4O3. The fourth-order valence-corrected chi connectivity index (χ4v) is 3.47. The Labute approximate surface area is 160 Å². The molecular weight excluding hydrogens is 344 g/mol. The van der Waals surface area contributed by atoms with Crippen LogP contribution in [-0.2, 0) is 14.3 Å². The first kappa shape index (κ1) is 19.6. The molecule has 0 bridgehead atoms. The monoisotopic (exact) mass is 374 g/mol. The molecule has 1 aromatic rings. The highest BCUT2D eigenvalue weighted by Crippen LogP contribution is 2.31. The van der Waals surface area contributed by atoms with Gasteiger partial charge in [0.1, 0.15) is 0 Å². The molecule has 1 aromatic carbocycles. The summed E-state index contributed by atoms with van der Waals surface area (Å²) in [7, 11) is 1.76. The molecule has 148 valence electrons. The summed E-state index contributed by atoms with van der Waals surface area (Å²) in [5.74, 6) is 1.52. The second-order valence-electron chi connectivity index (χ2n) is 7.07. The van der Waals surface area contributed by atoms with E-state index in [1.54, 1.807) is 7.05 Å². The largest absolute Gasteiger partial charge is 0.381 e. The van der Waals surface area contributed by atoms with Gasteiger partial charge in [0.25, 0.3) is 0 Å². The summed E-state index contributed by atoms with van der Waals surface area (Å²) < 4.78 is 11.1. The summed E-state index contributed by atoms with van der Waals surface area (Å²) in [6.07, 6.45) is 2.51. The first-order valence-electron chi connectivity index (χ1n) is 9.75. The number of fused-ring (bicyclic) bond motifs is 1. The number of ether oxygens (including phenoxy) is 2. The SMILES string of the molecule is CN=C(NCCCOCC1CCOC1)NCC1CC(=O)Nc2ccccc21. The molecule has 7 nitrogen and oxygen atoms in total. The van der Waals surface area contributed by atoms with Gasteiger partial charge >= 0.3 is 0 Å². The van der Waals surface area contributed by atoms with E-state index in [4.69, 9.17) is 9.47 Å². The third-order valence-corrected chi connectivity index (χ3v) is 4.98. The van der Waals surface area contributed by atoms with E-state index in [0.717, 1.165) is 57.5 Å². The molecule has 1 fully saturated rings. The van der Waals surface area contributed by atoms with Crippen molar-refractivity contribution in [3.63, 3.8) is 0 Å². The molecule has 2 unspecified atom stereocenters. The summed E-state index contributed by atoms with van der Waals surface area (Å²) >= 11 is 0. The zero-order valence-electron chi connectivity index (χ0n) is 16.0. The molecule has 27 heavy (non-hydrogen) atoms. The molecule has 1 amide bonds. The molecule has 0 radical (unpaired) electrons. The number of benzene rings is 1. The summed E-state index contributed by atoms with van der Waals surface area (Å²) in [5.41, 5.74) is 2.08. The summed E-state index contributed by atoms with van der Waals surface area (Å²) in [4.78, 5) is 16.2. The molecule has 0 aliphatic carbocycles. The van der Waals surface area contributed by atoms with E-state index >= 15 is 0 Å². The number of nitrogens with one attached hydrogen (secondary N) is 3. The lowest BCUT2D eigenvalue weighted by molar-refractivity contribution is -0.116. The van der Waals surface area contributed by atoms with E-state index in [9.17, 15) is 4.79 Å². The van der Waals surface area contributed by atoms with Crippen molar-refractivity contribution in [1.29, 1.82) is 0 Å². The number of aliphatic imine (C=N–C) groups is 1. The van der Waals surface area contributed by atoms with Crippen molar-refractivity contribution in [2.45, 2.75) is 25.2 Å². The maximum atomic E-state index is 11.9. The smallest absolute Gasteiger partial charge is 0.225 e. The molecule has 0 aromatic heterocycles. The molecule has 1 saturated heterocycles. The molecule has 2 aliphatic heterocycles. The van der Waals surface area contributed by atoms with Gasteiger partial charge in [-0.15, -0.1) is 0 Å². The molecule has 0 saturated carbocycles. The van der Waals surface area contributed by atoms with E-state index in [0.29, 0.717) is 18.9 Å². The minimum absolute atomic E-state index is 0.0632. The Morgan fingerprint density at radius 2 is 2.26 bits per heavy atom. The second kappa shape index (κ2) is 10.3.